The van der Waals surface area contributed by atoms with E-state index in [1.807, 2.05) is 12.4 Å². The van der Waals surface area contributed by atoms with Gasteiger partial charge in [0.2, 0.25) is 5.95 Å². The third kappa shape index (κ3) is 3.41. The van der Waals surface area contributed by atoms with Crippen LogP contribution in [0.1, 0.15) is 17.5 Å². The van der Waals surface area contributed by atoms with E-state index < -0.39 is 0 Å². The van der Waals surface area contributed by atoms with Crippen LogP contribution in [0.15, 0.2) is 29.0 Å². The molecule has 0 saturated heterocycles. The van der Waals surface area contributed by atoms with Crippen LogP contribution in [0.2, 0.25) is 0 Å². The molecule has 0 aliphatic carbocycles. The molecule has 0 radical (unpaired) electrons. The number of halogens is 1. The summed E-state index contributed by atoms with van der Waals surface area (Å²) < 4.78 is 8.28. The summed E-state index contributed by atoms with van der Waals surface area (Å²) in [6, 6.07) is 4.30. The standard InChI is InChI=1S/C15H20BrN3O/c1-11-9-13(10-12(2)14(11)16)19-7-6-18-15(19)17-5-4-8-20-3/h6-7,9-10H,4-5,8H2,1-3H3,(H,17,18). The second kappa shape index (κ2) is 6.90. The van der Waals surface area contributed by atoms with Crippen molar-refractivity contribution in [1.82, 2.24) is 9.55 Å². The van der Waals surface area contributed by atoms with E-state index in [4.69, 9.17) is 4.74 Å². The Bertz CT molecular complexity index is 557. The molecule has 0 amide bonds. The Morgan fingerprint density at radius 1 is 1.30 bits per heavy atom. The minimum absolute atomic E-state index is 0.754. The van der Waals surface area contributed by atoms with Crippen molar-refractivity contribution in [2.24, 2.45) is 0 Å². The Kier molecular flexibility index (Phi) is 5.20. The molecule has 1 aromatic carbocycles. The van der Waals surface area contributed by atoms with E-state index in [1.54, 1.807) is 7.11 Å². The lowest BCUT2D eigenvalue weighted by atomic mass is 10.1. The smallest absolute Gasteiger partial charge is 0.207 e. The van der Waals surface area contributed by atoms with Gasteiger partial charge in [0.25, 0.3) is 0 Å². The predicted molar refractivity (Wildman–Crippen MR) is 85.7 cm³/mol. The van der Waals surface area contributed by atoms with Crippen LogP contribution in [-0.4, -0.2) is 29.8 Å². The van der Waals surface area contributed by atoms with Crippen molar-refractivity contribution in [3.63, 3.8) is 0 Å². The van der Waals surface area contributed by atoms with Gasteiger partial charge in [0.1, 0.15) is 0 Å². The third-order valence-electron chi connectivity index (χ3n) is 3.15. The maximum Gasteiger partial charge on any atom is 0.207 e. The van der Waals surface area contributed by atoms with Gasteiger partial charge in [-0.3, -0.25) is 4.57 Å². The van der Waals surface area contributed by atoms with E-state index in [2.05, 4.69) is 56.8 Å². The van der Waals surface area contributed by atoms with Gasteiger partial charge in [-0.15, -0.1) is 0 Å². The fourth-order valence-electron chi connectivity index (χ4n) is 2.12. The van der Waals surface area contributed by atoms with Crippen LogP contribution in [0.4, 0.5) is 5.95 Å². The van der Waals surface area contributed by atoms with E-state index in [0.717, 1.165) is 35.7 Å². The Balaban J connectivity index is 2.19. The average Bonchev–Trinajstić information content (AvgIpc) is 2.89. The maximum absolute atomic E-state index is 5.05. The van der Waals surface area contributed by atoms with Crippen LogP contribution in [0, 0.1) is 13.8 Å². The molecule has 0 aliphatic heterocycles. The number of aryl methyl sites for hydroxylation is 2. The largest absolute Gasteiger partial charge is 0.385 e. The molecule has 0 bridgehead atoms. The first-order chi connectivity index (χ1) is 9.63. The minimum atomic E-state index is 0.754. The fraction of sp³-hybridized carbons (Fsp3) is 0.400. The van der Waals surface area contributed by atoms with E-state index in [1.165, 1.54) is 11.1 Å². The predicted octanol–water partition coefficient (Wildman–Crippen LogP) is 3.70. The summed E-state index contributed by atoms with van der Waals surface area (Å²) in [6.45, 7) is 5.80. The SMILES string of the molecule is COCCCNc1nccn1-c1cc(C)c(Br)c(C)c1. The zero-order chi connectivity index (χ0) is 14.5. The number of methoxy groups -OCH3 is 1. The zero-order valence-electron chi connectivity index (χ0n) is 12.1. The number of hydrogen-bond donors (Lipinski definition) is 1. The van der Waals surface area contributed by atoms with Gasteiger partial charge >= 0.3 is 0 Å². The summed E-state index contributed by atoms with van der Waals surface area (Å²) in [4.78, 5) is 4.37. The van der Waals surface area contributed by atoms with Crippen LogP contribution < -0.4 is 5.32 Å². The highest BCUT2D eigenvalue weighted by atomic mass is 79.9. The number of rotatable bonds is 6. The van der Waals surface area contributed by atoms with Gasteiger partial charge in [0.05, 0.1) is 0 Å². The van der Waals surface area contributed by atoms with E-state index in [9.17, 15) is 0 Å². The highest BCUT2D eigenvalue weighted by Gasteiger charge is 2.08. The number of hydrogen-bond acceptors (Lipinski definition) is 3. The summed E-state index contributed by atoms with van der Waals surface area (Å²) in [5, 5.41) is 3.34. The van der Waals surface area contributed by atoms with E-state index in [0.29, 0.717) is 0 Å². The van der Waals surface area contributed by atoms with Crippen molar-refractivity contribution < 1.29 is 4.74 Å². The molecule has 0 fully saturated rings. The van der Waals surface area contributed by atoms with Gasteiger partial charge in [-0.1, -0.05) is 15.9 Å². The van der Waals surface area contributed by atoms with Crippen LogP contribution in [0.3, 0.4) is 0 Å². The Morgan fingerprint density at radius 2 is 2.00 bits per heavy atom. The molecule has 2 aromatic rings. The lowest BCUT2D eigenvalue weighted by molar-refractivity contribution is 0.197. The maximum atomic E-state index is 5.05. The molecule has 0 atom stereocenters. The van der Waals surface area contributed by atoms with Crippen molar-refractivity contribution in [1.29, 1.82) is 0 Å². The van der Waals surface area contributed by atoms with Crippen molar-refractivity contribution in [2.45, 2.75) is 20.3 Å². The average molecular weight is 338 g/mol. The topological polar surface area (TPSA) is 39.1 Å². The Morgan fingerprint density at radius 3 is 2.65 bits per heavy atom. The summed E-state index contributed by atoms with van der Waals surface area (Å²) in [6.07, 6.45) is 4.74. The monoisotopic (exact) mass is 337 g/mol. The fourth-order valence-corrected chi connectivity index (χ4v) is 2.35. The second-order valence-electron chi connectivity index (χ2n) is 4.79. The highest BCUT2D eigenvalue weighted by Crippen LogP contribution is 2.25. The molecule has 20 heavy (non-hydrogen) atoms. The molecule has 4 nitrogen and oxygen atoms in total. The van der Waals surface area contributed by atoms with Crippen molar-refractivity contribution >= 4 is 21.9 Å². The third-order valence-corrected chi connectivity index (χ3v) is 4.40. The molecule has 1 N–H and O–H groups in total. The number of anilines is 1. The van der Waals surface area contributed by atoms with Gasteiger partial charge in [-0.2, -0.15) is 0 Å². The number of aromatic nitrogens is 2. The lowest BCUT2D eigenvalue weighted by Gasteiger charge is -2.12. The van der Waals surface area contributed by atoms with Crippen molar-refractivity contribution in [2.75, 3.05) is 25.6 Å². The van der Waals surface area contributed by atoms with E-state index >= 15 is 0 Å². The first kappa shape index (κ1) is 15.1. The Labute approximate surface area is 128 Å². The summed E-state index contributed by atoms with van der Waals surface area (Å²) in [5.41, 5.74) is 3.56. The van der Waals surface area contributed by atoms with Gasteiger partial charge in [-0.25, -0.2) is 4.98 Å². The molecule has 2 rings (SSSR count). The van der Waals surface area contributed by atoms with Crippen LogP contribution in [0.5, 0.6) is 0 Å². The molecule has 0 spiro atoms. The minimum Gasteiger partial charge on any atom is -0.385 e. The molecule has 0 aliphatic rings. The number of ether oxygens (including phenoxy) is 1. The molecule has 108 valence electrons. The highest BCUT2D eigenvalue weighted by molar-refractivity contribution is 9.10. The number of nitrogens with zero attached hydrogens (tertiary/aromatic N) is 2. The van der Waals surface area contributed by atoms with Crippen LogP contribution in [0.25, 0.3) is 5.69 Å². The van der Waals surface area contributed by atoms with Crippen molar-refractivity contribution in [3.05, 3.63) is 40.1 Å². The molecule has 1 aromatic heterocycles. The molecular weight excluding hydrogens is 318 g/mol. The molecule has 0 unspecified atom stereocenters. The van der Waals surface area contributed by atoms with Crippen LogP contribution >= 0.6 is 15.9 Å². The van der Waals surface area contributed by atoms with Gasteiger partial charge < -0.3 is 10.1 Å². The number of benzene rings is 1. The first-order valence-electron chi connectivity index (χ1n) is 6.66. The van der Waals surface area contributed by atoms with Gasteiger partial charge in [0.15, 0.2) is 0 Å². The van der Waals surface area contributed by atoms with Gasteiger partial charge in [0, 0.05) is 42.8 Å². The van der Waals surface area contributed by atoms with Crippen molar-refractivity contribution in [3.8, 4) is 5.69 Å². The quantitative estimate of drug-likeness (QED) is 0.817. The Hall–Kier alpha value is -1.33. The summed E-state index contributed by atoms with van der Waals surface area (Å²) in [5.74, 6) is 0.863. The molecule has 0 saturated carbocycles. The van der Waals surface area contributed by atoms with E-state index in [-0.39, 0.29) is 0 Å². The first-order valence-corrected chi connectivity index (χ1v) is 7.46. The normalized spacial score (nSPS) is 10.8. The molecule has 5 heteroatoms. The van der Waals surface area contributed by atoms with Crippen LogP contribution in [-0.2, 0) is 4.74 Å². The zero-order valence-corrected chi connectivity index (χ0v) is 13.7. The molecule has 1 heterocycles. The summed E-state index contributed by atoms with van der Waals surface area (Å²) >= 11 is 3.60. The number of nitrogens with one attached hydrogen (secondary N) is 1. The van der Waals surface area contributed by atoms with Gasteiger partial charge in [-0.05, 0) is 43.5 Å². The summed E-state index contributed by atoms with van der Waals surface area (Å²) in [7, 11) is 1.72. The second-order valence-corrected chi connectivity index (χ2v) is 5.58. The number of imidazole rings is 1. The lowest BCUT2D eigenvalue weighted by Crippen LogP contribution is -2.09. The molecular formula is C15H20BrN3O.